The zero-order valence-corrected chi connectivity index (χ0v) is 10.5. The Morgan fingerprint density at radius 3 is 2.85 bits per heavy atom. The standard InChI is InChI=1S/C13H11FN6/c14-7-4-16-9(3-8(7)15)11-12-13(20-19-11)17-5-10(18-12)6-1-2-6/h3-6H,1-2H2,(H2,15,16)(H,17,19,20). The number of nitrogens with two attached hydrogens (primary N) is 1. The number of anilines is 1. The van der Waals surface area contributed by atoms with Crippen LogP contribution in [-0.2, 0) is 0 Å². The van der Waals surface area contributed by atoms with Crippen LogP contribution in [0.3, 0.4) is 0 Å². The molecule has 0 aromatic carbocycles. The molecule has 3 aromatic heterocycles. The minimum atomic E-state index is -0.543. The molecule has 3 heterocycles. The molecule has 1 aliphatic rings. The lowest BCUT2D eigenvalue weighted by Crippen LogP contribution is -1.95. The number of hydrogen-bond donors (Lipinski definition) is 2. The summed E-state index contributed by atoms with van der Waals surface area (Å²) in [6.07, 6.45) is 5.15. The van der Waals surface area contributed by atoms with Crippen molar-refractivity contribution in [1.82, 2.24) is 25.1 Å². The molecule has 7 heteroatoms. The fourth-order valence-electron chi connectivity index (χ4n) is 2.15. The van der Waals surface area contributed by atoms with E-state index in [-0.39, 0.29) is 5.69 Å². The van der Waals surface area contributed by atoms with Crippen molar-refractivity contribution in [2.45, 2.75) is 18.8 Å². The van der Waals surface area contributed by atoms with E-state index in [1.54, 1.807) is 6.20 Å². The molecule has 4 rings (SSSR count). The highest BCUT2D eigenvalue weighted by molar-refractivity contribution is 5.86. The van der Waals surface area contributed by atoms with E-state index >= 15 is 0 Å². The number of hydrogen-bond acceptors (Lipinski definition) is 5. The molecule has 0 saturated heterocycles. The van der Waals surface area contributed by atoms with Crippen LogP contribution in [0.25, 0.3) is 22.6 Å². The number of fused-ring (bicyclic) bond motifs is 1. The molecule has 1 fully saturated rings. The maximum Gasteiger partial charge on any atom is 0.174 e. The van der Waals surface area contributed by atoms with E-state index in [0.29, 0.717) is 28.5 Å². The van der Waals surface area contributed by atoms with E-state index in [0.717, 1.165) is 24.7 Å². The number of nitrogens with zero attached hydrogens (tertiary/aromatic N) is 4. The largest absolute Gasteiger partial charge is 0.396 e. The van der Waals surface area contributed by atoms with Gasteiger partial charge in [0.1, 0.15) is 11.2 Å². The van der Waals surface area contributed by atoms with Crippen LogP contribution in [-0.4, -0.2) is 25.1 Å². The summed E-state index contributed by atoms with van der Waals surface area (Å²) in [6, 6.07) is 1.45. The van der Waals surface area contributed by atoms with Crippen LogP contribution in [0, 0.1) is 5.82 Å². The molecule has 100 valence electrons. The van der Waals surface area contributed by atoms with Crippen molar-refractivity contribution in [3.05, 3.63) is 30.0 Å². The average molecular weight is 270 g/mol. The van der Waals surface area contributed by atoms with E-state index in [1.807, 2.05) is 0 Å². The molecule has 20 heavy (non-hydrogen) atoms. The lowest BCUT2D eigenvalue weighted by Gasteiger charge is -2.01. The van der Waals surface area contributed by atoms with Gasteiger partial charge >= 0.3 is 0 Å². The lowest BCUT2D eigenvalue weighted by atomic mass is 10.2. The monoisotopic (exact) mass is 270 g/mol. The molecule has 0 aliphatic heterocycles. The number of rotatable bonds is 2. The number of nitrogens with one attached hydrogen (secondary N) is 1. The van der Waals surface area contributed by atoms with Crippen LogP contribution >= 0.6 is 0 Å². The number of H-pyrrole nitrogens is 1. The smallest absolute Gasteiger partial charge is 0.174 e. The van der Waals surface area contributed by atoms with Crippen molar-refractivity contribution in [3.8, 4) is 11.4 Å². The van der Waals surface area contributed by atoms with Crippen LogP contribution in [0.5, 0.6) is 0 Å². The summed E-state index contributed by atoms with van der Waals surface area (Å²) in [4.78, 5) is 12.9. The molecule has 0 atom stereocenters. The van der Waals surface area contributed by atoms with Gasteiger partial charge in [-0.05, 0) is 18.9 Å². The van der Waals surface area contributed by atoms with Crippen molar-refractivity contribution in [1.29, 1.82) is 0 Å². The fourth-order valence-corrected chi connectivity index (χ4v) is 2.15. The number of aromatic amines is 1. The second-order valence-corrected chi connectivity index (χ2v) is 4.93. The van der Waals surface area contributed by atoms with Gasteiger partial charge < -0.3 is 5.73 Å². The first-order valence-corrected chi connectivity index (χ1v) is 6.35. The molecule has 1 aliphatic carbocycles. The van der Waals surface area contributed by atoms with Crippen molar-refractivity contribution < 1.29 is 4.39 Å². The number of aromatic nitrogens is 5. The fraction of sp³-hybridized carbons (Fsp3) is 0.231. The molecular formula is C13H11FN6. The van der Waals surface area contributed by atoms with Gasteiger partial charge in [0.05, 0.1) is 29.5 Å². The summed E-state index contributed by atoms with van der Waals surface area (Å²) in [5.41, 5.74) is 8.84. The molecule has 0 radical (unpaired) electrons. The van der Waals surface area contributed by atoms with Gasteiger partial charge in [-0.3, -0.25) is 10.1 Å². The minimum Gasteiger partial charge on any atom is -0.396 e. The first kappa shape index (κ1) is 11.3. The average Bonchev–Trinajstić information content (AvgIpc) is 3.22. The Morgan fingerprint density at radius 1 is 1.25 bits per heavy atom. The Balaban J connectivity index is 1.89. The molecule has 0 unspecified atom stereocenters. The van der Waals surface area contributed by atoms with Crippen molar-refractivity contribution in [2.24, 2.45) is 0 Å². The summed E-state index contributed by atoms with van der Waals surface area (Å²) in [5.74, 6) is -0.0424. The molecule has 6 nitrogen and oxygen atoms in total. The SMILES string of the molecule is Nc1cc(-c2n[nH]c3ncc(C4CC4)nc23)ncc1F. The van der Waals surface area contributed by atoms with Gasteiger partial charge in [0.25, 0.3) is 0 Å². The molecule has 0 spiro atoms. The second kappa shape index (κ2) is 3.96. The van der Waals surface area contributed by atoms with Crippen LogP contribution in [0.1, 0.15) is 24.5 Å². The van der Waals surface area contributed by atoms with Gasteiger partial charge in [0, 0.05) is 5.92 Å². The van der Waals surface area contributed by atoms with Crippen molar-refractivity contribution in [3.63, 3.8) is 0 Å². The highest BCUT2D eigenvalue weighted by Crippen LogP contribution is 2.39. The molecule has 0 bridgehead atoms. The van der Waals surface area contributed by atoms with Gasteiger partial charge in [0.15, 0.2) is 11.5 Å². The minimum absolute atomic E-state index is 0.0393. The predicted octanol–water partition coefficient (Wildman–Crippen LogP) is 2.01. The zero-order valence-electron chi connectivity index (χ0n) is 10.5. The maximum atomic E-state index is 13.2. The van der Waals surface area contributed by atoms with Gasteiger partial charge in [-0.25, -0.2) is 14.4 Å². The van der Waals surface area contributed by atoms with E-state index in [1.165, 1.54) is 6.07 Å². The van der Waals surface area contributed by atoms with Crippen LogP contribution in [0.2, 0.25) is 0 Å². The Labute approximate surface area is 113 Å². The van der Waals surface area contributed by atoms with Crippen LogP contribution in [0.4, 0.5) is 10.1 Å². The third-order valence-corrected chi connectivity index (χ3v) is 3.41. The molecule has 1 saturated carbocycles. The van der Waals surface area contributed by atoms with Gasteiger partial charge in [-0.2, -0.15) is 5.10 Å². The predicted molar refractivity (Wildman–Crippen MR) is 71.3 cm³/mol. The number of pyridine rings is 1. The van der Waals surface area contributed by atoms with Crippen molar-refractivity contribution >= 4 is 16.9 Å². The highest BCUT2D eigenvalue weighted by atomic mass is 19.1. The Bertz CT molecular complexity index is 808. The summed E-state index contributed by atoms with van der Waals surface area (Å²) < 4.78 is 13.2. The number of nitrogen functional groups attached to an aromatic ring is 1. The topological polar surface area (TPSA) is 93.4 Å². The van der Waals surface area contributed by atoms with Gasteiger partial charge in [0.2, 0.25) is 0 Å². The van der Waals surface area contributed by atoms with E-state index in [2.05, 4.69) is 25.1 Å². The zero-order chi connectivity index (χ0) is 13.7. The quantitative estimate of drug-likeness (QED) is 0.743. The van der Waals surface area contributed by atoms with Gasteiger partial charge in [-0.15, -0.1) is 0 Å². The van der Waals surface area contributed by atoms with E-state index < -0.39 is 5.82 Å². The summed E-state index contributed by atoms with van der Waals surface area (Å²) >= 11 is 0. The molecule has 3 N–H and O–H groups in total. The van der Waals surface area contributed by atoms with E-state index in [9.17, 15) is 4.39 Å². The van der Waals surface area contributed by atoms with Crippen LogP contribution < -0.4 is 5.73 Å². The van der Waals surface area contributed by atoms with Gasteiger partial charge in [-0.1, -0.05) is 0 Å². The third-order valence-electron chi connectivity index (χ3n) is 3.41. The normalized spacial score (nSPS) is 14.8. The Morgan fingerprint density at radius 2 is 2.10 bits per heavy atom. The highest BCUT2D eigenvalue weighted by Gasteiger charge is 2.26. The molecular weight excluding hydrogens is 259 g/mol. The van der Waals surface area contributed by atoms with E-state index in [4.69, 9.17) is 5.73 Å². The number of halogens is 1. The Kier molecular flexibility index (Phi) is 2.23. The molecule has 3 aromatic rings. The molecule has 0 amide bonds. The lowest BCUT2D eigenvalue weighted by molar-refractivity contribution is 0.626. The van der Waals surface area contributed by atoms with Crippen molar-refractivity contribution in [2.75, 3.05) is 5.73 Å². The third kappa shape index (κ3) is 1.70. The Hall–Kier alpha value is -2.57. The summed E-state index contributed by atoms with van der Waals surface area (Å²) in [6.45, 7) is 0. The maximum absolute atomic E-state index is 13.2. The van der Waals surface area contributed by atoms with Crippen LogP contribution in [0.15, 0.2) is 18.5 Å². The second-order valence-electron chi connectivity index (χ2n) is 4.93. The summed E-state index contributed by atoms with van der Waals surface area (Å²) in [7, 11) is 0. The summed E-state index contributed by atoms with van der Waals surface area (Å²) in [5, 5.41) is 6.98. The first-order valence-electron chi connectivity index (χ1n) is 6.35. The first-order chi connectivity index (χ1) is 9.72.